The van der Waals surface area contributed by atoms with E-state index in [0.29, 0.717) is 6.54 Å². The molecule has 0 radical (unpaired) electrons. The maximum atomic E-state index is 5.68. The zero-order chi connectivity index (χ0) is 13.4. The molecule has 0 saturated heterocycles. The van der Waals surface area contributed by atoms with E-state index in [1.807, 2.05) is 0 Å². The van der Waals surface area contributed by atoms with Gasteiger partial charge in [-0.2, -0.15) is 0 Å². The summed E-state index contributed by atoms with van der Waals surface area (Å²) in [5.74, 6) is 0. The van der Waals surface area contributed by atoms with Gasteiger partial charge in [0, 0.05) is 23.1 Å². The van der Waals surface area contributed by atoms with Crippen molar-refractivity contribution in [2.45, 2.75) is 26.9 Å². The van der Waals surface area contributed by atoms with E-state index in [4.69, 9.17) is 5.73 Å². The van der Waals surface area contributed by atoms with E-state index in [1.54, 1.807) is 11.3 Å². The lowest BCUT2D eigenvalue weighted by Gasteiger charge is -2.03. The molecular formula is C15H17N3S. The summed E-state index contributed by atoms with van der Waals surface area (Å²) in [6.07, 6.45) is 2.12. The molecular weight excluding hydrogens is 254 g/mol. The SMILES string of the molecule is Cc1nc(Cn2ccc3cc(CN)ccc32)sc1C. The Morgan fingerprint density at radius 1 is 1.26 bits per heavy atom. The van der Waals surface area contributed by atoms with Gasteiger partial charge in [0.2, 0.25) is 0 Å². The maximum absolute atomic E-state index is 5.68. The minimum Gasteiger partial charge on any atom is -0.341 e. The summed E-state index contributed by atoms with van der Waals surface area (Å²) >= 11 is 1.78. The molecule has 0 saturated carbocycles. The third kappa shape index (κ3) is 2.29. The van der Waals surface area contributed by atoms with Crippen molar-refractivity contribution in [3.8, 4) is 0 Å². The first-order valence-corrected chi connectivity index (χ1v) is 7.20. The fourth-order valence-corrected chi connectivity index (χ4v) is 3.20. The average molecular weight is 271 g/mol. The van der Waals surface area contributed by atoms with E-state index in [1.165, 1.54) is 21.3 Å². The first kappa shape index (κ1) is 12.4. The van der Waals surface area contributed by atoms with Gasteiger partial charge in [-0.25, -0.2) is 4.98 Å². The Balaban J connectivity index is 1.97. The summed E-state index contributed by atoms with van der Waals surface area (Å²) in [6, 6.07) is 8.54. The Kier molecular flexibility index (Phi) is 3.12. The zero-order valence-electron chi connectivity index (χ0n) is 11.2. The van der Waals surface area contributed by atoms with Gasteiger partial charge in [0.1, 0.15) is 5.01 Å². The molecule has 2 heterocycles. The molecule has 0 spiro atoms. The zero-order valence-corrected chi connectivity index (χ0v) is 12.0. The van der Waals surface area contributed by atoms with E-state index in [0.717, 1.165) is 17.2 Å². The molecule has 0 amide bonds. The summed E-state index contributed by atoms with van der Waals surface area (Å²) in [6.45, 7) is 5.62. The van der Waals surface area contributed by atoms with Gasteiger partial charge >= 0.3 is 0 Å². The predicted octanol–water partition coefficient (Wildman–Crippen LogP) is 3.22. The number of rotatable bonds is 3. The van der Waals surface area contributed by atoms with Crippen LogP contribution in [0.15, 0.2) is 30.5 Å². The summed E-state index contributed by atoms with van der Waals surface area (Å²) < 4.78 is 2.24. The van der Waals surface area contributed by atoms with Crippen molar-refractivity contribution < 1.29 is 0 Å². The van der Waals surface area contributed by atoms with Gasteiger partial charge in [-0.3, -0.25) is 0 Å². The Bertz CT molecular complexity index is 705. The van der Waals surface area contributed by atoms with Crippen molar-refractivity contribution in [3.05, 3.63) is 51.6 Å². The molecule has 0 atom stereocenters. The average Bonchev–Trinajstić information content (AvgIpc) is 2.94. The third-order valence-corrected chi connectivity index (χ3v) is 4.51. The number of aryl methyl sites for hydroxylation is 2. The van der Waals surface area contributed by atoms with Crippen LogP contribution in [0.5, 0.6) is 0 Å². The highest BCUT2D eigenvalue weighted by atomic mass is 32.1. The molecule has 0 aliphatic rings. The topological polar surface area (TPSA) is 43.8 Å². The highest BCUT2D eigenvalue weighted by Gasteiger charge is 2.07. The molecule has 0 bridgehead atoms. The second kappa shape index (κ2) is 4.79. The number of thiazole rings is 1. The van der Waals surface area contributed by atoms with E-state index in [9.17, 15) is 0 Å². The maximum Gasteiger partial charge on any atom is 0.113 e. The van der Waals surface area contributed by atoms with Gasteiger partial charge < -0.3 is 10.3 Å². The lowest BCUT2D eigenvalue weighted by molar-refractivity contribution is 0.824. The van der Waals surface area contributed by atoms with Crippen LogP contribution in [0, 0.1) is 13.8 Å². The van der Waals surface area contributed by atoms with Crippen LogP contribution in [0.3, 0.4) is 0 Å². The van der Waals surface area contributed by atoms with Crippen molar-refractivity contribution >= 4 is 22.2 Å². The molecule has 0 aliphatic heterocycles. The molecule has 0 unspecified atom stereocenters. The molecule has 0 fully saturated rings. The van der Waals surface area contributed by atoms with E-state index in [2.05, 4.69) is 53.9 Å². The molecule has 4 heteroatoms. The highest BCUT2D eigenvalue weighted by Crippen LogP contribution is 2.22. The smallest absolute Gasteiger partial charge is 0.113 e. The van der Waals surface area contributed by atoms with Crippen LogP contribution in [0.25, 0.3) is 10.9 Å². The largest absolute Gasteiger partial charge is 0.341 e. The fraction of sp³-hybridized carbons (Fsp3) is 0.267. The standard InChI is InChI=1S/C15H17N3S/c1-10-11(2)19-15(17-10)9-18-6-5-13-7-12(8-16)3-4-14(13)18/h3-7H,8-9,16H2,1-2H3. The Labute approximate surface area is 116 Å². The van der Waals surface area contributed by atoms with Crippen LogP contribution in [0.4, 0.5) is 0 Å². The van der Waals surface area contributed by atoms with Crippen LogP contribution in [0.2, 0.25) is 0 Å². The molecule has 98 valence electrons. The summed E-state index contributed by atoms with van der Waals surface area (Å²) in [5.41, 5.74) is 9.23. The van der Waals surface area contributed by atoms with Gasteiger partial charge in [0.05, 0.1) is 12.2 Å². The van der Waals surface area contributed by atoms with Gasteiger partial charge in [-0.15, -0.1) is 11.3 Å². The number of nitrogens with two attached hydrogens (primary N) is 1. The number of aromatic nitrogens is 2. The van der Waals surface area contributed by atoms with Crippen LogP contribution in [0.1, 0.15) is 21.1 Å². The van der Waals surface area contributed by atoms with Crippen molar-refractivity contribution in [1.29, 1.82) is 0 Å². The van der Waals surface area contributed by atoms with Crippen molar-refractivity contribution in [2.24, 2.45) is 5.73 Å². The number of nitrogens with zero attached hydrogens (tertiary/aromatic N) is 2. The first-order valence-electron chi connectivity index (χ1n) is 6.38. The minimum atomic E-state index is 0.589. The lowest BCUT2D eigenvalue weighted by Crippen LogP contribution is -1.98. The second-order valence-electron chi connectivity index (χ2n) is 4.79. The van der Waals surface area contributed by atoms with Crippen molar-refractivity contribution in [3.63, 3.8) is 0 Å². The first-order chi connectivity index (χ1) is 9.17. The van der Waals surface area contributed by atoms with Crippen molar-refractivity contribution in [1.82, 2.24) is 9.55 Å². The monoisotopic (exact) mass is 271 g/mol. The lowest BCUT2D eigenvalue weighted by atomic mass is 10.1. The quantitative estimate of drug-likeness (QED) is 0.795. The number of fused-ring (bicyclic) bond motifs is 1. The fourth-order valence-electron chi connectivity index (χ4n) is 2.27. The minimum absolute atomic E-state index is 0.589. The van der Waals surface area contributed by atoms with E-state index in [-0.39, 0.29) is 0 Å². The van der Waals surface area contributed by atoms with Gasteiger partial charge in [-0.1, -0.05) is 6.07 Å². The van der Waals surface area contributed by atoms with E-state index >= 15 is 0 Å². The molecule has 3 aromatic rings. The molecule has 1 aromatic carbocycles. The molecule has 2 aromatic heterocycles. The molecule has 2 N–H and O–H groups in total. The van der Waals surface area contributed by atoms with Crippen LogP contribution < -0.4 is 5.73 Å². The molecule has 3 nitrogen and oxygen atoms in total. The van der Waals surface area contributed by atoms with Crippen LogP contribution >= 0.6 is 11.3 Å². The van der Waals surface area contributed by atoms with Gasteiger partial charge in [0.25, 0.3) is 0 Å². The predicted molar refractivity (Wildman–Crippen MR) is 80.5 cm³/mol. The summed E-state index contributed by atoms with van der Waals surface area (Å²) in [4.78, 5) is 5.91. The summed E-state index contributed by atoms with van der Waals surface area (Å²) in [5, 5.41) is 2.41. The normalized spacial score (nSPS) is 11.3. The number of hydrogen-bond acceptors (Lipinski definition) is 3. The molecule has 19 heavy (non-hydrogen) atoms. The number of hydrogen-bond donors (Lipinski definition) is 1. The molecule has 0 aliphatic carbocycles. The molecule has 3 rings (SSSR count). The highest BCUT2D eigenvalue weighted by molar-refractivity contribution is 7.11. The van der Waals surface area contributed by atoms with Gasteiger partial charge in [0.15, 0.2) is 0 Å². The second-order valence-corrected chi connectivity index (χ2v) is 6.08. The Morgan fingerprint density at radius 2 is 2.11 bits per heavy atom. The Morgan fingerprint density at radius 3 is 2.79 bits per heavy atom. The van der Waals surface area contributed by atoms with Crippen molar-refractivity contribution in [2.75, 3.05) is 0 Å². The third-order valence-electron chi connectivity index (χ3n) is 3.45. The summed E-state index contributed by atoms with van der Waals surface area (Å²) in [7, 11) is 0. The Hall–Kier alpha value is -1.65. The van der Waals surface area contributed by atoms with Crippen LogP contribution in [-0.2, 0) is 13.1 Å². The number of benzene rings is 1. The van der Waals surface area contributed by atoms with E-state index < -0.39 is 0 Å². The van der Waals surface area contributed by atoms with Gasteiger partial charge in [-0.05, 0) is 43.0 Å². The van der Waals surface area contributed by atoms with Crippen LogP contribution in [-0.4, -0.2) is 9.55 Å².